The van der Waals surface area contributed by atoms with Crippen molar-refractivity contribution in [1.82, 2.24) is 24.7 Å². The number of carboxylic acid groups (broad SMARTS) is 1. The van der Waals surface area contributed by atoms with Crippen molar-refractivity contribution >= 4 is 22.8 Å². The average Bonchev–Trinajstić information content (AvgIpc) is 3.31. The molecule has 0 spiro atoms. The van der Waals surface area contributed by atoms with Gasteiger partial charge in [-0.25, -0.2) is 19.6 Å². The van der Waals surface area contributed by atoms with E-state index in [4.69, 9.17) is 15.6 Å². The highest BCUT2D eigenvalue weighted by Crippen LogP contribution is 2.40. The number of pyridine rings is 1. The highest BCUT2D eigenvalue weighted by molar-refractivity contribution is 5.90. The van der Waals surface area contributed by atoms with Crippen molar-refractivity contribution in [2.75, 3.05) is 5.73 Å². The molecule has 3 aromatic heterocycles. The van der Waals surface area contributed by atoms with Crippen LogP contribution in [0.1, 0.15) is 24.4 Å². The minimum atomic E-state index is -0.923. The molecule has 0 atom stereocenters. The lowest BCUT2D eigenvalue weighted by molar-refractivity contribution is -0.136. The number of hydrogen-bond donors (Lipinski definition) is 2. The third-order valence-corrected chi connectivity index (χ3v) is 3.73. The van der Waals surface area contributed by atoms with Gasteiger partial charge in [-0.3, -0.25) is 4.79 Å². The molecule has 0 saturated heterocycles. The fraction of sp³-hybridized carbons (Fsp3) is 0.267. The van der Waals surface area contributed by atoms with Gasteiger partial charge in [0.05, 0.1) is 12.5 Å². The SMILES string of the molecule is Nc1ncnc2c1c(Oc1cc(CC(=O)O)ccn1)nn2C1CC1. The highest BCUT2D eigenvalue weighted by atomic mass is 16.5. The summed E-state index contributed by atoms with van der Waals surface area (Å²) in [7, 11) is 0. The first-order valence-corrected chi connectivity index (χ1v) is 7.45. The van der Waals surface area contributed by atoms with E-state index in [1.165, 1.54) is 12.5 Å². The van der Waals surface area contributed by atoms with Gasteiger partial charge in [-0.05, 0) is 24.5 Å². The second-order valence-electron chi connectivity index (χ2n) is 5.61. The molecular weight excluding hydrogens is 312 g/mol. The Hall–Kier alpha value is -3.23. The molecule has 3 heterocycles. The number of nitrogen functional groups attached to an aromatic ring is 1. The van der Waals surface area contributed by atoms with Gasteiger partial charge in [-0.15, -0.1) is 5.10 Å². The normalized spacial score (nSPS) is 14.0. The first-order valence-electron chi connectivity index (χ1n) is 7.45. The molecule has 9 heteroatoms. The van der Waals surface area contributed by atoms with E-state index in [-0.39, 0.29) is 24.0 Å². The molecule has 1 saturated carbocycles. The monoisotopic (exact) mass is 326 g/mol. The third kappa shape index (κ3) is 2.60. The van der Waals surface area contributed by atoms with E-state index in [1.807, 2.05) is 0 Å². The number of carbonyl (C=O) groups is 1. The fourth-order valence-corrected chi connectivity index (χ4v) is 2.50. The Balaban J connectivity index is 1.73. The lowest BCUT2D eigenvalue weighted by Crippen LogP contribution is -2.01. The zero-order valence-corrected chi connectivity index (χ0v) is 12.6. The lowest BCUT2D eigenvalue weighted by Gasteiger charge is -2.04. The zero-order valence-electron chi connectivity index (χ0n) is 12.6. The zero-order chi connectivity index (χ0) is 16.7. The molecule has 0 aromatic carbocycles. The van der Waals surface area contributed by atoms with Gasteiger partial charge in [0.2, 0.25) is 5.88 Å². The van der Waals surface area contributed by atoms with Crippen molar-refractivity contribution in [1.29, 1.82) is 0 Å². The number of aliphatic carboxylic acids is 1. The first-order chi connectivity index (χ1) is 11.6. The van der Waals surface area contributed by atoms with Crippen LogP contribution in [0.25, 0.3) is 11.0 Å². The number of anilines is 1. The van der Waals surface area contributed by atoms with E-state index in [1.54, 1.807) is 16.8 Å². The summed E-state index contributed by atoms with van der Waals surface area (Å²) < 4.78 is 7.55. The van der Waals surface area contributed by atoms with Crippen molar-refractivity contribution in [3.05, 3.63) is 30.2 Å². The Morgan fingerprint density at radius 3 is 2.96 bits per heavy atom. The maximum Gasteiger partial charge on any atom is 0.307 e. The summed E-state index contributed by atoms with van der Waals surface area (Å²) in [6.45, 7) is 0. The van der Waals surface area contributed by atoms with E-state index in [0.717, 1.165) is 12.8 Å². The van der Waals surface area contributed by atoms with Crippen LogP contribution in [0.2, 0.25) is 0 Å². The number of aromatic nitrogens is 5. The van der Waals surface area contributed by atoms with Crippen LogP contribution in [0.5, 0.6) is 11.8 Å². The van der Waals surface area contributed by atoms with Crippen molar-refractivity contribution in [3.63, 3.8) is 0 Å². The summed E-state index contributed by atoms with van der Waals surface area (Å²) >= 11 is 0. The molecule has 0 radical (unpaired) electrons. The molecule has 24 heavy (non-hydrogen) atoms. The van der Waals surface area contributed by atoms with Crippen LogP contribution in [0.3, 0.4) is 0 Å². The number of fused-ring (bicyclic) bond motifs is 1. The molecule has 1 aliphatic carbocycles. The van der Waals surface area contributed by atoms with Crippen LogP contribution in [0.4, 0.5) is 5.82 Å². The molecule has 0 unspecified atom stereocenters. The Bertz CT molecular complexity index is 934. The van der Waals surface area contributed by atoms with E-state index >= 15 is 0 Å². The second kappa shape index (κ2) is 5.44. The van der Waals surface area contributed by atoms with Crippen LogP contribution in [0.15, 0.2) is 24.7 Å². The summed E-state index contributed by atoms with van der Waals surface area (Å²) in [6, 6.07) is 3.49. The minimum Gasteiger partial charge on any atom is -0.481 e. The first kappa shape index (κ1) is 14.4. The Labute approximate surface area is 136 Å². The molecule has 3 N–H and O–H groups in total. The standard InChI is InChI=1S/C15H14N6O3/c16-13-12-14(19-7-18-13)21(9-1-2-9)20-15(12)24-10-5-8(3-4-17-10)6-11(22)23/h3-5,7,9H,1-2,6H2,(H,22,23)(H2,16,18,19). The number of nitrogens with two attached hydrogens (primary N) is 1. The molecule has 0 bridgehead atoms. The second-order valence-corrected chi connectivity index (χ2v) is 5.61. The molecule has 0 amide bonds. The molecule has 9 nitrogen and oxygen atoms in total. The molecule has 122 valence electrons. The van der Waals surface area contributed by atoms with E-state index in [0.29, 0.717) is 22.6 Å². The Morgan fingerprint density at radius 2 is 2.21 bits per heavy atom. The summed E-state index contributed by atoms with van der Waals surface area (Å²) in [5.74, 6) is -0.119. The van der Waals surface area contributed by atoms with Gasteiger partial charge in [0, 0.05) is 12.3 Å². The molecular formula is C15H14N6O3. The average molecular weight is 326 g/mol. The van der Waals surface area contributed by atoms with Crippen molar-refractivity contribution < 1.29 is 14.6 Å². The molecule has 1 fully saturated rings. The predicted molar refractivity (Wildman–Crippen MR) is 83.7 cm³/mol. The van der Waals surface area contributed by atoms with E-state index in [2.05, 4.69) is 20.1 Å². The Morgan fingerprint density at radius 1 is 1.38 bits per heavy atom. The van der Waals surface area contributed by atoms with Crippen LogP contribution < -0.4 is 10.5 Å². The largest absolute Gasteiger partial charge is 0.481 e. The summed E-state index contributed by atoms with van der Waals surface area (Å²) in [4.78, 5) is 23.2. The minimum absolute atomic E-state index is 0.110. The van der Waals surface area contributed by atoms with Crippen molar-refractivity contribution in [3.8, 4) is 11.8 Å². The van der Waals surface area contributed by atoms with Gasteiger partial charge in [-0.2, -0.15) is 0 Å². The van der Waals surface area contributed by atoms with E-state index in [9.17, 15) is 4.79 Å². The topological polar surface area (TPSA) is 129 Å². The number of nitrogens with zero attached hydrogens (tertiary/aromatic N) is 5. The van der Waals surface area contributed by atoms with Gasteiger partial charge >= 0.3 is 5.97 Å². The van der Waals surface area contributed by atoms with Crippen LogP contribution in [-0.4, -0.2) is 35.8 Å². The van der Waals surface area contributed by atoms with Crippen molar-refractivity contribution in [2.24, 2.45) is 0 Å². The maximum absolute atomic E-state index is 10.8. The van der Waals surface area contributed by atoms with E-state index < -0.39 is 5.97 Å². The summed E-state index contributed by atoms with van der Waals surface area (Å²) in [5, 5.41) is 13.9. The third-order valence-electron chi connectivity index (χ3n) is 3.73. The number of hydrogen-bond acceptors (Lipinski definition) is 7. The summed E-state index contributed by atoms with van der Waals surface area (Å²) in [6.07, 6.45) is 4.85. The number of carboxylic acids is 1. The van der Waals surface area contributed by atoms with Crippen LogP contribution >= 0.6 is 0 Å². The molecule has 3 aromatic rings. The highest BCUT2D eigenvalue weighted by Gasteiger charge is 2.29. The Kier molecular flexibility index (Phi) is 3.26. The van der Waals surface area contributed by atoms with Gasteiger partial charge in [0.1, 0.15) is 17.5 Å². The predicted octanol–water partition coefficient (Wildman–Crippen LogP) is 1.56. The maximum atomic E-state index is 10.8. The van der Waals surface area contributed by atoms with Crippen molar-refractivity contribution in [2.45, 2.75) is 25.3 Å². The number of rotatable bonds is 5. The fourth-order valence-electron chi connectivity index (χ4n) is 2.50. The number of ether oxygens (including phenoxy) is 1. The molecule has 0 aliphatic heterocycles. The van der Waals surface area contributed by atoms with Gasteiger partial charge < -0.3 is 15.6 Å². The van der Waals surface area contributed by atoms with Crippen LogP contribution in [0, 0.1) is 0 Å². The van der Waals surface area contributed by atoms with Gasteiger partial charge in [0.15, 0.2) is 5.65 Å². The molecule has 4 rings (SSSR count). The summed E-state index contributed by atoms with van der Waals surface area (Å²) in [5.41, 5.74) is 7.17. The quantitative estimate of drug-likeness (QED) is 0.722. The van der Waals surface area contributed by atoms with Gasteiger partial charge in [-0.1, -0.05) is 0 Å². The molecule has 1 aliphatic rings. The van der Waals surface area contributed by atoms with Gasteiger partial charge in [0.25, 0.3) is 5.88 Å². The van der Waals surface area contributed by atoms with Crippen LogP contribution in [-0.2, 0) is 11.2 Å². The lowest BCUT2D eigenvalue weighted by atomic mass is 10.2. The smallest absolute Gasteiger partial charge is 0.307 e.